The molecule has 4 aromatic rings. The monoisotopic (exact) mass is 500 g/mol. The molecule has 2 aliphatic rings. The van der Waals surface area contributed by atoms with E-state index in [1.54, 1.807) is 31.4 Å². The molecule has 0 bridgehead atoms. The molecule has 37 heavy (non-hydrogen) atoms. The fraction of sp³-hybridized carbons (Fsp3) is 0.241. The van der Waals surface area contributed by atoms with Crippen LogP contribution in [-0.2, 0) is 24.2 Å². The van der Waals surface area contributed by atoms with Crippen molar-refractivity contribution >= 4 is 16.7 Å². The number of nitrogens with zero attached hydrogens (tertiary/aromatic N) is 1. The molecule has 8 nitrogen and oxygen atoms in total. The van der Waals surface area contributed by atoms with Crippen molar-refractivity contribution in [3.63, 3.8) is 0 Å². The van der Waals surface area contributed by atoms with Gasteiger partial charge in [-0.05, 0) is 52.9 Å². The highest BCUT2D eigenvalue weighted by atomic mass is 16.7. The van der Waals surface area contributed by atoms with Crippen LogP contribution in [0, 0.1) is 0 Å². The number of carboxylic acids is 1. The number of carbonyl (C=O) groups is 1. The number of benzene rings is 3. The molecule has 0 fully saturated rings. The Hall–Kier alpha value is -4.46. The molecule has 0 radical (unpaired) electrons. The second-order valence-electron chi connectivity index (χ2n) is 8.98. The van der Waals surface area contributed by atoms with E-state index in [4.69, 9.17) is 28.8 Å². The maximum absolute atomic E-state index is 11.0. The first-order valence-electron chi connectivity index (χ1n) is 12.1. The zero-order valence-electron chi connectivity index (χ0n) is 20.4. The van der Waals surface area contributed by atoms with Crippen molar-refractivity contribution in [1.29, 1.82) is 0 Å². The molecular formula is C29H26NO7+. The number of aryl methyl sites for hydroxylation is 2. The van der Waals surface area contributed by atoms with Gasteiger partial charge in [-0.15, -0.1) is 0 Å². The van der Waals surface area contributed by atoms with Crippen molar-refractivity contribution < 1.29 is 38.2 Å². The van der Waals surface area contributed by atoms with E-state index in [2.05, 4.69) is 29.0 Å². The summed E-state index contributed by atoms with van der Waals surface area (Å²) in [6, 6.07) is 17.4. The second kappa shape index (κ2) is 9.54. The van der Waals surface area contributed by atoms with Gasteiger partial charge in [-0.2, -0.15) is 4.57 Å². The summed E-state index contributed by atoms with van der Waals surface area (Å²) in [7, 11) is 1.63. The maximum Gasteiger partial charge on any atom is 0.307 e. The van der Waals surface area contributed by atoms with Gasteiger partial charge in [-0.1, -0.05) is 12.1 Å². The van der Waals surface area contributed by atoms with E-state index >= 15 is 0 Å². The van der Waals surface area contributed by atoms with Crippen LogP contribution in [0.2, 0.25) is 0 Å². The largest absolute Gasteiger partial charge is 0.493 e. The Bertz CT molecular complexity index is 1510. The van der Waals surface area contributed by atoms with Crippen molar-refractivity contribution in [3.8, 4) is 40.0 Å². The summed E-state index contributed by atoms with van der Waals surface area (Å²) in [4.78, 5) is 11.0. The van der Waals surface area contributed by atoms with Gasteiger partial charge >= 0.3 is 5.97 Å². The van der Waals surface area contributed by atoms with E-state index in [0.29, 0.717) is 36.0 Å². The summed E-state index contributed by atoms with van der Waals surface area (Å²) in [5.74, 6) is 2.63. The summed E-state index contributed by atoms with van der Waals surface area (Å²) >= 11 is 0. The number of methoxy groups -OCH3 is 1. The number of hydrogen-bond acceptors (Lipinski definition) is 6. The maximum atomic E-state index is 11.0. The average Bonchev–Trinajstić information content (AvgIpc) is 3.36. The molecule has 1 N–H and O–H groups in total. The van der Waals surface area contributed by atoms with Gasteiger partial charge in [0, 0.05) is 12.5 Å². The van der Waals surface area contributed by atoms with Gasteiger partial charge in [0.1, 0.15) is 19.0 Å². The number of hydrogen-bond donors (Lipinski definition) is 1. The minimum Gasteiger partial charge on any atom is -0.493 e. The van der Waals surface area contributed by atoms with Crippen molar-refractivity contribution in [2.24, 2.45) is 0 Å². The smallest absolute Gasteiger partial charge is 0.307 e. The topological polar surface area (TPSA) is 87.3 Å². The summed E-state index contributed by atoms with van der Waals surface area (Å²) in [6.45, 7) is 1.69. The van der Waals surface area contributed by atoms with Gasteiger partial charge in [0.2, 0.25) is 12.5 Å². The van der Waals surface area contributed by atoms with E-state index in [1.165, 1.54) is 5.56 Å². The van der Waals surface area contributed by atoms with Crippen LogP contribution in [0.3, 0.4) is 0 Å². The zero-order valence-corrected chi connectivity index (χ0v) is 20.4. The molecule has 0 spiro atoms. The molecule has 6 rings (SSSR count). The first-order valence-corrected chi connectivity index (χ1v) is 12.1. The SMILES string of the molecule is COc1ccc2cc3[n+](cc2c1OCCOc1cccc(CC(=O)O)c1)CCc1cc2c(cc1-3)OCO2. The zero-order chi connectivity index (χ0) is 25.4. The number of ether oxygens (including phenoxy) is 5. The van der Waals surface area contributed by atoms with E-state index in [0.717, 1.165) is 46.5 Å². The molecule has 0 unspecified atom stereocenters. The summed E-state index contributed by atoms with van der Waals surface area (Å²) in [5.41, 5.74) is 4.20. The van der Waals surface area contributed by atoms with Gasteiger partial charge in [0.05, 0.1) is 24.5 Å². The highest BCUT2D eigenvalue weighted by Crippen LogP contribution is 2.41. The number of pyridine rings is 1. The minimum absolute atomic E-state index is 0.0450. The van der Waals surface area contributed by atoms with Gasteiger partial charge in [-0.25, -0.2) is 0 Å². The van der Waals surface area contributed by atoms with Crippen LogP contribution >= 0.6 is 0 Å². The molecule has 0 atom stereocenters. The first-order chi connectivity index (χ1) is 18.1. The van der Waals surface area contributed by atoms with Crippen molar-refractivity contribution in [2.75, 3.05) is 27.1 Å². The van der Waals surface area contributed by atoms with Gasteiger partial charge in [-0.3, -0.25) is 4.79 Å². The Morgan fingerprint density at radius 3 is 2.70 bits per heavy atom. The minimum atomic E-state index is -0.877. The van der Waals surface area contributed by atoms with Crippen LogP contribution in [0.15, 0.2) is 60.8 Å². The van der Waals surface area contributed by atoms with Gasteiger partial charge in [0.25, 0.3) is 0 Å². The molecule has 3 aromatic carbocycles. The van der Waals surface area contributed by atoms with Crippen molar-refractivity contribution in [3.05, 3.63) is 71.9 Å². The highest BCUT2D eigenvalue weighted by Gasteiger charge is 2.28. The molecule has 0 saturated carbocycles. The molecule has 0 amide bonds. The number of aliphatic carboxylic acids is 1. The quantitative estimate of drug-likeness (QED) is 0.287. The third kappa shape index (κ3) is 4.46. The lowest BCUT2D eigenvalue weighted by Crippen LogP contribution is -2.40. The van der Waals surface area contributed by atoms with Crippen LogP contribution in [0.5, 0.6) is 28.7 Å². The molecule has 8 heteroatoms. The lowest BCUT2D eigenvalue weighted by Gasteiger charge is -2.18. The second-order valence-corrected chi connectivity index (χ2v) is 8.98. The number of fused-ring (bicyclic) bond motifs is 5. The summed E-state index contributed by atoms with van der Waals surface area (Å²) < 4.78 is 31.0. The van der Waals surface area contributed by atoms with E-state index in [-0.39, 0.29) is 13.2 Å². The lowest BCUT2D eigenvalue weighted by molar-refractivity contribution is -0.686. The van der Waals surface area contributed by atoms with E-state index in [9.17, 15) is 4.79 Å². The number of rotatable bonds is 8. The standard InChI is InChI=1S/C29H25NO7/c1-33-25-6-5-19-13-24-22-15-27-26(36-17-37-27)14-20(22)7-8-30(24)16-23(19)29(25)35-10-9-34-21-4-2-3-18(11-21)12-28(31)32/h2-6,11,13-16H,7-10,12,17H2,1H3/p+1. The Kier molecular flexibility index (Phi) is 5.92. The Morgan fingerprint density at radius 1 is 1.03 bits per heavy atom. The molecule has 1 aromatic heterocycles. The van der Waals surface area contributed by atoms with E-state index < -0.39 is 5.97 Å². The molecule has 3 heterocycles. The van der Waals surface area contributed by atoms with Crippen LogP contribution < -0.4 is 28.3 Å². The average molecular weight is 501 g/mol. The van der Waals surface area contributed by atoms with Crippen molar-refractivity contribution in [2.45, 2.75) is 19.4 Å². The normalized spacial score (nSPS) is 13.1. The van der Waals surface area contributed by atoms with Crippen LogP contribution in [0.1, 0.15) is 11.1 Å². The lowest BCUT2D eigenvalue weighted by atomic mass is 9.95. The Labute approximate surface area is 213 Å². The summed E-state index contributed by atoms with van der Waals surface area (Å²) in [6.07, 6.45) is 2.97. The third-order valence-corrected chi connectivity index (χ3v) is 6.65. The summed E-state index contributed by atoms with van der Waals surface area (Å²) in [5, 5.41) is 11.0. The fourth-order valence-corrected chi connectivity index (χ4v) is 4.93. The molecule has 188 valence electrons. The Morgan fingerprint density at radius 2 is 1.86 bits per heavy atom. The van der Waals surface area contributed by atoms with Gasteiger partial charge in [0.15, 0.2) is 35.7 Å². The van der Waals surface area contributed by atoms with Crippen molar-refractivity contribution in [1.82, 2.24) is 0 Å². The molecule has 0 saturated heterocycles. The predicted molar refractivity (Wildman–Crippen MR) is 135 cm³/mol. The molecule has 2 aliphatic heterocycles. The van der Waals surface area contributed by atoms with Gasteiger partial charge < -0.3 is 28.8 Å². The fourth-order valence-electron chi connectivity index (χ4n) is 4.93. The first kappa shape index (κ1) is 23.0. The van der Waals surface area contributed by atoms with Crippen LogP contribution in [-0.4, -0.2) is 38.2 Å². The van der Waals surface area contributed by atoms with Crippen LogP contribution in [0.4, 0.5) is 0 Å². The number of aromatic nitrogens is 1. The third-order valence-electron chi connectivity index (χ3n) is 6.65. The molecular weight excluding hydrogens is 474 g/mol. The predicted octanol–water partition coefficient (Wildman–Crippen LogP) is 4.17. The highest BCUT2D eigenvalue weighted by molar-refractivity contribution is 5.91. The molecule has 0 aliphatic carbocycles. The Balaban J connectivity index is 1.25. The van der Waals surface area contributed by atoms with E-state index in [1.807, 2.05) is 12.1 Å². The van der Waals surface area contributed by atoms with Crippen LogP contribution in [0.25, 0.3) is 22.0 Å². The number of carboxylic acid groups (broad SMARTS) is 1.